The molecule has 0 aromatic heterocycles. The van der Waals surface area contributed by atoms with Crippen LogP contribution in [0.15, 0.2) is 84.5 Å². The molecule has 0 unspecified atom stereocenters. The molecule has 8 atom stereocenters. The summed E-state index contributed by atoms with van der Waals surface area (Å²) in [5.74, 6) is 12.4. The number of esters is 1. The normalized spacial score (nSPS) is 23.5. The van der Waals surface area contributed by atoms with Gasteiger partial charge in [-0.15, -0.1) is 11.8 Å². The molecule has 3 aliphatic heterocycles. The van der Waals surface area contributed by atoms with E-state index in [2.05, 4.69) is 106 Å². The van der Waals surface area contributed by atoms with Crippen LogP contribution in [0, 0.1) is 23.7 Å². The Morgan fingerprint density at radius 2 is 1.41 bits per heavy atom. The van der Waals surface area contributed by atoms with Crippen LogP contribution in [0.25, 0.3) is 0 Å². The molecule has 3 heterocycles. The first-order valence-corrected chi connectivity index (χ1v) is 24.4. The van der Waals surface area contributed by atoms with Gasteiger partial charge in [0.05, 0.1) is 42.7 Å². The quantitative estimate of drug-likeness (QED) is 0.0597. The fourth-order valence-electron chi connectivity index (χ4n) is 8.83. The van der Waals surface area contributed by atoms with E-state index in [9.17, 15) is 15.0 Å². The van der Waals surface area contributed by atoms with Gasteiger partial charge >= 0.3 is 5.97 Å². The van der Waals surface area contributed by atoms with Gasteiger partial charge in [0.25, 0.3) is 8.32 Å². The van der Waals surface area contributed by atoms with Gasteiger partial charge in [0, 0.05) is 31.3 Å². The summed E-state index contributed by atoms with van der Waals surface area (Å²) in [6.07, 6.45) is 17.7. The zero-order valence-corrected chi connectivity index (χ0v) is 37.4. The minimum Gasteiger partial charge on any atom is -0.455 e. The monoisotopic (exact) mass is 822 g/mol. The maximum absolute atomic E-state index is 12.8. The lowest BCUT2D eigenvalue weighted by Crippen LogP contribution is -2.67. The highest BCUT2D eigenvalue weighted by Crippen LogP contribution is 2.39. The molecule has 2 fully saturated rings. The number of carbonyl (C=O) groups is 1. The first kappa shape index (κ1) is 46.6. The van der Waals surface area contributed by atoms with Crippen molar-refractivity contribution < 1.29 is 33.6 Å². The Balaban J connectivity index is 1.09. The van der Waals surface area contributed by atoms with E-state index in [0.717, 1.165) is 57.8 Å². The minimum atomic E-state index is -2.84. The van der Waals surface area contributed by atoms with Crippen LogP contribution in [0.4, 0.5) is 0 Å². The number of ether oxygens (including phenoxy) is 3. The van der Waals surface area contributed by atoms with Gasteiger partial charge in [-0.05, 0) is 85.9 Å². The third kappa shape index (κ3) is 13.5. The summed E-state index contributed by atoms with van der Waals surface area (Å²) < 4.78 is 25.5. The molecule has 0 radical (unpaired) electrons. The van der Waals surface area contributed by atoms with Gasteiger partial charge in [0.1, 0.15) is 6.10 Å². The van der Waals surface area contributed by atoms with E-state index < -0.39 is 20.5 Å². The number of aliphatic hydroxyl groups excluding tert-OH is 2. The minimum absolute atomic E-state index is 0.0615. The summed E-state index contributed by atoms with van der Waals surface area (Å²) in [6.45, 7) is 10.9. The van der Waals surface area contributed by atoms with Crippen LogP contribution in [0.2, 0.25) is 5.04 Å². The van der Waals surface area contributed by atoms with E-state index in [1.807, 2.05) is 31.2 Å². The van der Waals surface area contributed by atoms with Crippen LogP contribution in [-0.4, -0.2) is 73.3 Å². The van der Waals surface area contributed by atoms with Gasteiger partial charge in [0.2, 0.25) is 0 Å². The van der Waals surface area contributed by atoms with Crippen molar-refractivity contribution in [3.63, 3.8) is 0 Å². The molecule has 8 heteroatoms. The highest BCUT2D eigenvalue weighted by molar-refractivity contribution is 6.99. The largest absolute Gasteiger partial charge is 0.455 e. The average molecular weight is 823 g/mol. The zero-order valence-electron chi connectivity index (χ0n) is 36.4. The van der Waals surface area contributed by atoms with Crippen LogP contribution in [0.1, 0.15) is 137 Å². The van der Waals surface area contributed by atoms with Gasteiger partial charge in [-0.25, -0.2) is 4.79 Å². The van der Waals surface area contributed by atoms with E-state index in [4.69, 9.17) is 18.6 Å². The Morgan fingerprint density at radius 3 is 1.97 bits per heavy atom. The smallest absolute Gasteiger partial charge is 0.334 e. The molecule has 59 heavy (non-hydrogen) atoms. The van der Waals surface area contributed by atoms with Crippen molar-refractivity contribution in [1.29, 1.82) is 0 Å². The highest BCUT2D eigenvalue weighted by atomic mass is 28.4. The van der Waals surface area contributed by atoms with Gasteiger partial charge in [0.15, 0.2) is 0 Å². The van der Waals surface area contributed by atoms with E-state index in [-0.39, 0.29) is 47.6 Å². The molecule has 0 bridgehead atoms. The predicted molar refractivity (Wildman–Crippen MR) is 240 cm³/mol. The van der Waals surface area contributed by atoms with Gasteiger partial charge in [-0.1, -0.05) is 132 Å². The fourth-order valence-corrected chi connectivity index (χ4v) is 13.6. The first-order valence-electron chi connectivity index (χ1n) is 22.5. The highest BCUT2D eigenvalue weighted by Gasteiger charge is 2.51. The van der Waals surface area contributed by atoms with E-state index in [1.165, 1.54) is 36.1 Å². The van der Waals surface area contributed by atoms with E-state index in [0.29, 0.717) is 24.8 Å². The lowest BCUT2D eigenvalue weighted by Gasteiger charge is -2.45. The molecule has 2 aromatic rings. The second-order valence-electron chi connectivity index (χ2n) is 17.7. The summed E-state index contributed by atoms with van der Waals surface area (Å²) in [5.41, 5.74) is 0.691. The Hall–Kier alpha value is -3.47. The second-order valence-corrected chi connectivity index (χ2v) is 22.0. The summed E-state index contributed by atoms with van der Waals surface area (Å²) in [7, 11) is -2.84. The SMILES string of the molecule is CCCCCCCC#CC[C@@H](O)[C@H]1CC[C@H]([C@H]2CC[C@H]([C@H](O)CC#C/C=C/CCC[C@H](CC3=C[C@H](C)OC3=O)O[Si](c3ccccc3)(c3ccccc3)C(C)(C)C)O2)O1. The predicted octanol–water partition coefficient (Wildman–Crippen LogP) is 8.88. The van der Waals surface area contributed by atoms with Crippen molar-refractivity contribution in [2.75, 3.05) is 0 Å². The fraction of sp³-hybridized carbons (Fsp3) is 0.588. The van der Waals surface area contributed by atoms with E-state index in [1.54, 1.807) is 0 Å². The molecule has 0 spiro atoms. The molecule has 320 valence electrons. The molecule has 0 amide bonds. The van der Waals surface area contributed by atoms with Crippen LogP contribution in [0.3, 0.4) is 0 Å². The Labute approximate surface area is 356 Å². The van der Waals surface area contributed by atoms with Crippen molar-refractivity contribution in [3.8, 4) is 23.7 Å². The topological polar surface area (TPSA) is 94.5 Å². The molecule has 2 N–H and O–H groups in total. The maximum Gasteiger partial charge on any atom is 0.334 e. The molecule has 3 aliphatic rings. The van der Waals surface area contributed by atoms with Crippen LogP contribution < -0.4 is 10.4 Å². The Kier molecular flexibility index (Phi) is 18.6. The van der Waals surface area contributed by atoms with Gasteiger partial charge < -0.3 is 28.8 Å². The average Bonchev–Trinajstić information content (AvgIpc) is 3.99. The molecule has 0 saturated carbocycles. The number of aliphatic hydroxyl groups is 2. The number of allylic oxidation sites excluding steroid dienone is 2. The molecule has 0 aliphatic carbocycles. The summed E-state index contributed by atoms with van der Waals surface area (Å²) >= 11 is 0. The zero-order chi connectivity index (χ0) is 42.1. The van der Waals surface area contributed by atoms with E-state index >= 15 is 0 Å². The molecule has 7 nitrogen and oxygen atoms in total. The van der Waals surface area contributed by atoms with Crippen molar-refractivity contribution in [2.24, 2.45) is 0 Å². The number of rotatable bonds is 20. The summed E-state index contributed by atoms with van der Waals surface area (Å²) in [6, 6.07) is 21.2. The van der Waals surface area contributed by atoms with Crippen molar-refractivity contribution >= 4 is 24.7 Å². The number of hydrogen-bond acceptors (Lipinski definition) is 7. The van der Waals surface area contributed by atoms with Crippen LogP contribution in [-0.2, 0) is 23.4 Å². The lowest BCUT2D eigenvalue weighted by atomic mass is 10.0. The third-order valence-corrected chi connectivity index (χ3v) is 17.1. The number of benzene rings is 2. The standard InChI is InChI=1S/C51H70O7Si/c1-6-7-8-9-10-11-15-24-31-44(52)46-33-35-48(56-46)49-36-34-47(57-49)45(53)32-25-16-13-12-14-19-26-41(38-40-37-39(2)55-50(40)54)58-59(51(3,4)5,42-27-20-17-21-28-42)43-29-22-18-23-30-43/h12-13,17-18,20-23,27-30,37,39,41,44-49,52-53H,6-11,14,19,26,31-36,38H2,1-5H3/b13-12+/t39-,41+,44+,45+,46+,47+,48+,49+/m0/s1. The number of hydrogen-bond donors (Lipinski definition) is 2. The van der Waals surface area contributed by atoms with Crippen molar-refractivity contribution in [3.05, 3.63) is 84.5 Å². The van der Waals surface area contributed by atoms with Crippen molar-refractivity contribution in [2.45, 2.75) is 191 Å². The van der Waals surface area contributed by atoms with Gasteiger partial charge in [-0.2, -0.15) is 0 Å². The molecule has 2 saturated heterocycles. The first-order chi connectivity index (χ1) is 28.5. The summed E-state index contributed by atoms with van der Waals surface area (Å²) in [5, 5.41) is 23.9. The van der Waals surface area contributed by atoms with Crippen LogP contribution >= 0.6 is 0 Å². The Bertz CT molecular complexity index is 1720. The number of cyclic esters (lactones) is 1. The summed E-state index contributed by atoms with van der Waals surface area (Å²) in [4.78, 5) is 12.8. The van der Waals surface area contributed by atoms with Crippen molar-refractivity contribution in [1.82, 2.24) is 0 Å². The third-order valence-electron chi connectivity index (χ3n) is 12.0. The van der Waals surface area contributed by atoms with Gasteiger partial charge in [-0.3, -0.25) is 0 Å². The molecule has 5 rings (SSSR count). The Morgan fingerprint density at radius 1 is 0.814 bits per heavy atom. The second kappa shape index (κ2) is 23.5. The maximum atomic E-state index is 12.8. The lowest BCUT2D eigenvalue weighted by molar-refractivity contribution is -0.139. The molecule has 2 aromatic carbocycles. The molecular weight excluding hydrogens is 753 g/mol. The van der Waals surface area contributed by atoms with Crippen LogP contribution in [0.5, 0.6) is 0 Å². The number of unbranched alkanes of at least 4 members (excludes halogenated alkanes) is 6. The number of carbonyl (C=O) groups excluding carboxylic acids is 1. The molecular formula is C51H70O7Si.